The van der Waals surface area contributed by atoms with Crippen LogP contribution in [0.5, 0.6) is 5.75 Å². The van der Waals surface area contributed by atoms with E-state index in [9.17, 15) is 23.4 Å². The Morgan fingerprint density at radius 2 is 1.83 bits per heavy atom. The van der Waals surface area contributed by atoms with Crippen LogP contribution in [-0.4, -0.2) is 28.0 Å². The first-order valence-corrected chi connectivity index (χ1v) is 5.23. The van der Waals surface area contributed by atoms with E-state index in [0.717, 1.165) is 12.1 Å². The minimum Gasteiger partial charge on any atom is -0.507 e. The average molecular weight is 265 g/mol. The first kappa shape index (κ1) is 14.7. The average Bonchev–Trinajstić information content (AvgIpc) is 2.27. The van der Waals surface area contributed by atoms with Crippen molar-refractivity contribution in [3.63, 3.8) is 0 Å². The summed E-state index contributed by atoms with van der Waals surface area (Å²) in [6.07, 6.45) is -7.39. The summed E-state index contributed by atoms with van der Waals surface area (Å²) in [5.41, 5.74) is 3.80. The number of alkyl halides is 3. The Labute approximate surface area is 101 Å². The van der Waals surface area contributed by atoms with Crippen LogP contribution in [0.3, 0.4) is 0 Å². The van der Waals surface area contributed by atoms with Crippen molar-refractivity contribution in [2.45, 2.75) is 24.8 Å². The lowest BCUT2D eigenvalue weighted by molar-refractivity contribution is -0.138. The van der Waals surface area contributed by atoms with Gasteiger partial charge in [0.2, 0.25) is 0 Å². The van der Waals surface area contributed by atoms with Gasteiger partial charge in [0.15, 0.2) is 0 Å². The van der Waals surface area contributed by atoms with Gasteiger partial charge in [0.1, 0.15) is 11.9 Å². The molecular formula is C11H14F3NO3. The minimum atomic E-state index is -4.72. The van der Waals surface area contributed by atoms with Crippen LogP contribution in [0.2, 0.25) is 0 Å². The van der Waals surface area contributed by atoms with E-state index in [0.29, 0.717) is 6.07 Å². The monoisotopic (exact) mass is 265 g/mol. The standard InChI is InChI=1S/C11H14F3NO3/c12-11(13,14)7-5-6(1-2-8(7)16)10(18)9(17)3-4-15/h1-2,5,9-10,16-18H,3-4,15H2. The molecule has 0 aliphatic carbocycles. The topological polar surface area (TPSA) is 86.7 Å². The van der Waals surface area contributed by atoms with Gasteiger partial charge in [0, 0.05) is 0 Å². The quantitative estimate of drug-likeness (QED) is 0.658. The zero-order chi connectivity index (χ0) is 13.9. The van der Waals surface area contributed by atoms with Crippen LogP contribution in [0.1, 0.15) is 23.7 Å². The van der Waals surface area contributed by atoms with Crippen molar-refractivity contribution >= 4 is 0 Å². The third kappa shape index (κ3) is 3.34. The number of rotatable bonds is 4. The van der Waals surface area contributed by atoms with Crippen molar-refractivity contribution in [1.29, 1.82) is 0 Å². The van der Waals surface area contributed by atoms with Crippen molar-refractivity contribution in [1.82, 2.24) is 0 Å². The SMILES string of the molecule is NCCC(O)C(O)c1ccc(O)c(C(F)(F)F)c1. The van der Waals surface area contributed by atoms with Gasteiger partial charge in [-0.1, -0.05) is 6.07 Å². The Morgan fingerprint density at radius 1 is 1.22 bits per heavy atom. The van der Waals surface area contributed by atoms with E-state index in [4.69, 9.17) is 10.8 Å². The third-order valence-corrected chi connectivity index (χ3v) is 2.49. The second-order valence-corrected chi connectivity index (χ2v) is 3.86. The number of phenols is 1. The molecule has 0 aliphatic rings. The van der Waals surface area contributed by atoms with Crippen molar-refractivity contribution < 1.29 is 28.5 Å². The van der Waals surface area contributed by atoms with Gasteiger partial charge in [0.25, 0.3) is 0 Å². The van der Waals surface area contributed by atoms with E-state index < -0.39 is 29.7 Å². The number of aliphatic hydroxyl groups is 2. The van der Waals surface area contributed by atoms with Gasteiger partial charge in [-0.2, -0.15) is 13.2 Å². The molecule has 1 aromatic rings. The molecule has 1 aromatic carbocycles. The molecule has 18 heavy (non-hydrogen) atoms. The van der Waals surface area contributed by atoms with Gasteiger partial charge in [-0.3, -0.25) is 0 Å². The van der Waals surface area contributed by atoms with E-state index in [-0.39, 0.29) is 18.5 Å². The van der Waals surface area contributed by atoms with E-state index >= 15 is 0 Å². The fraction of sp³-hybridized carbons (Fsp3) is 0.455. The fourth-order valence-electron chi connectivity index (χ4n) is 1.52. The van der Waals surface area contributed by atoms with E-state index in [1.807, 2.05) is 0 Å². The van der Waals surface area contributed by atoms with Crippen LogP contribution in [0.15, 0.2) is 18.2 Å². The summed E-state index contributed by atoms with van der Waals surface area (Å²) in [4.78, 5) is 0. The lowest BCUT2D eigenvalue weighted by Crippen LogP contribution is -2.22. The summed E-state index contributed by atoms with van der Waals surface area (Å²) in [6.45, 7) is 0.0996. The number of aromatic hydroxyl groups is 1. The highest BCUT2D eigenvalue weighted by Crippen LogP contribution is 2.37. The first-order valence-electron chi connectivity index (χ1n) is 5.23. The largest absolute Gasteiger partial charge is 0.507 e. The number of benzene rings is 1. The molecule has 0 fully saturated rings. The molecule has 5 N–H and O–H groups in total. The van der Waals surface area contributed by atoms with Crippen molar-refractivity contribution in [2.75, 3.05) is 6.54 Å². The molecule has 2 unspecified atom stereocenters. The number of nitrogens with two attached hydrogens (primary N) is 1. The van der Waals surface area contributed by atoms with Gasteiger partial charge in [-0.05, 0) is 30.7 Å². The summed E-state index contributed by atoms with van der Waals surface area (Å²) >= 11 is 0. The molecule has 2 atom stereocenters. The second kappa shape index (κ2) is 5.55. The van der Waals surface area contributed by atoms with Crippen LogP contribution < -0.4 is 5.73 Å². The molecule has 0 radical (unpaired) electrons. The fourth-order valence-corrected chi connectivity index (χ4v) is 1.52. The van der Waals surface area contributed by atoms with Crippen LogP contribution in [-0.2, 0) is 6.18 Å². The van der Waals surface area contributed by atoms with Gasteiger partial charge < -0.3 is 21.1 Å². The smallest absolute Gasteiger partial charge is 0.419 e. The third-order valence-electron chi connectivity index (χ3n) is 2.49. The van der Waals surface area contributed by atoms with Gasteiger partial charge >= 0.3 is 6.18 Å². The summed E-state index contributed by atoms with van der Waals surface area (Å²) in [6, 6.07) is 2.56. The Balaban J connectivity index is 3.05. The molecule has 1 rings (SSSR count). The maximum atomic E-state index is 12.5. The Hall–Kier alpha value is -1.31. The summed E-state index contributed by atoms with van der Waals surface area (Å²) in [5.74, 6) is -0.924. The maximum Gasteiger partial charge on any atom is 0.419 e. The number of halogens is 3. The molecule has 0 bridgehead atoms. The summed E-state index contributed by atoms with van der Waals surface area (Å²) < 4.78 is 37.6. The predicted octanol–water partition coefficient (Wildman–Crippen LogP) is 1.15. The number of hydrogen-bond acceptors (Lipinski definition) is 4. The van der Waals surface area contributed by atoms with Crippen molar-refractivity contribution in [3.05, 3.63) is 29.3 Å². The maximum absolute atomic E-state index is 12.5. The number of aliphatic hydroxyl groups excluding tert-OH is 2. The Bertz CT molecular complexity index is 409. The second-order valence-electron chi connectivity index (χ2n) is 3.86. The molecule has 102 valence electrons. The van der Waals surface area contributed by atoms with E-state index in [2.05, 4.69) is 0 Å². The van der Waals surface area contributed by atoms with Crippen LogP contribution in [0.4, 0.5) is 13.2 Å². The molecule has 0 aliphatic heterocycles. The molecule has 4 nitrogen and oxygen atoms in total. The van der Waals surface area contributed by atoms with Gasteiger partial charge in [-0.15, -0.1) is 0 Å². The normalized spacial score (nSPS) is 15.4. The molecule has 7 heteroatoms. The van der Waals surface area contributed by atoms with Gasteiger partial charge in [0.05, 0.1) is 11.7 Å². The molecule has 0 amide bonds. The highest BCUT2D eigenvalue weighted by Gasteiger charge is 2.34. The highest BCUT2D eigenvalue weighted by molar-refractivity contribution is 5.39. The van der Waals surface area contributed by atoms with Crippen LogP contribution in [0, 0.1) is 0 Å². The van der Waals surface area contributed by atoms with Crippen LogP contribution >= 0.6 is 0 Å². The van der Waals surface area contributed by atoms with E-state index in [1.165, 1.54) is 0 Å². The Morgan fingerprint density at radius 3 is 2.33 bits per heavy atom. The number of phenolic OH excluding ortho intramolecular Hbond substituents is 1. The lowest BCUT2D eigenvalue weighted by atomic mass is 9.99. The summed E-state index contributed by atoms with van der Waals surface area (Å²) in [7, 11) is 0. The highest BCUT2D eigenvalue weighted by atomic mass is 19.4. The predicted molar refractivity (Wildman–Crippen MR) is 57.7 cm³/mol. The van der Waals surface area contributed by atoms with E-state index in [1.54, 1.807) is 0 Å². The van der Waals surface area contributed by atoms with Crippen molar-refractivity contribution in [3.8, 4) is 5.75 Å². The zero-order valence-corrected chi connectivity index (χ0v) is 9.35. The molecular weight excluding hydrogens is 251 g/mol. The Kier molecular flexibility index (Phi) is 4.55. The van der Waals surface area contributed by atoms with Crippen LogP contribution in [0.25, 0.3) is 0 Å². The zero-order valence-electron chi connectivity index (χ0n) is 9.35. The summed E-state index contributed by atoms with van der Waals surface area (Å²) in [5, 5.41) is 28.2. The minimum absolute atomic E-state index is 0.0589. The molecule has 0 heterocycles. The molecule has 0 spiro atoms. The molecule has 0 saturated heterocycles. The molecule has 0 aromatic heterocycles. The first-order chi connectivity index (χ1) is 8.27. The van der Waals surface area contributed by atoms with Crippen molar-refractivity contribution in [2.24, 2.45) is 5.73 Å². The number of hydrogen-bond donors (Lipinski definition) is 4. The van der Waals surface area contributed by atoms with Gasteiger partial charge in [-0.25, -0.2) is 0 Å². The molecule has 0 saturated carbocycles. The lowest BCUT2D eigenvalue weighted by Gasteiger charge is -2.19.